The fourth-order valence-corrected chi connectivity index (χ4v) is 8.99. The van der Waals surface area contributed by atoms with Crippen LogP contribution in [0.5, 0.6) is 11.5 Å². The summed E-state index contributed by atoms with van der Waals surface area (Å²) >= 11 is 6.17. The maximum atomic E-state index is 14.6. The number of halogens is 1. The predicted octanol–water partition coefficient (Wildman–Crippen LogP) is 6.32. The second kappa shape index (κ2) is 16.5. The van der Waals surface area contributed by atoms with Crippen LogP contribution >= 0.6 is 11.6 Å². The minimum absolute atomic E-state index is 0.0461. The minimum atomic E-state index is -4.25. The monoisotopic (exact) mass is 788 g/mol. The largest absolute Gasteiger partial charge is 0.457 e. The molecular formula is C41H45ClN4O8S. The molecule has 0 spiro atoms. The van der Waals surface area contributed by atoms with E-state index in [4.69, 9.17) is 21.1 Å². The number of sulfonamides is 1. The van der Waals surface area contributed by atoms with Gasteiger partial charge in [-0.2, -0.15) is 0 Å². The van der Waals surface area contributed by atoms with E-state index in [2.05, 4.69) is 15.4 Å². The number of benzene rings is 3. The summed E-state index contributed by atoms with van der Waals surface area (Å²) in [4.78, 5) is 57.7. The Bertz CT molecular complexity index is 2070. The van der Waals surface area contributed by atoms with Crippen LogP contribution in [-0.2, 0) is 42.1 Å². The molecule has 2 aliphatic carbocycles. The highest BCUT2D eigenvalue weighted by atomic mass is 35.5. The van der Waals surface area contributed by atoms with Crippen molar-refractivity contribution < 1.29 is 37.1 Å². The van der Waals surface area contributed by atoms with E-state index in [9.17, 15) is 27.6 Å². The van der Waals surface area contributed by atoms with Gasteiger partial charge in [0.25, 0.3) is 15.9 Å². The third-order valence-corrected chi connectivity index (χ3v) is 12.5. The molecule has 0 saturated heterocycles. The summed E-state index contributed by atoms with van der Waals surface area (Å²) in [6.07, 6.45) is 9.93. The molecule has 2 saturated carbocycles. The lowest BCUT2D eigenvalue weighted by Crippen LogP contribution is -2.61. The number of ether oxygens (including phenoxy) is 2. The van der Waals surface area contributed by atoms with Gasteiger partial charge in [0.15, 0.2) is 0 Å². The molecule has 2 fully saturated rings. The highest BCUT2D eigenvalue weighted by molar-refractivity contribution is 7.90. The summed E-state index contributed by atoms with van der Waals surface area (Å²) in [5.74, 6) is -1.36. The molecule has 0 aromatic heterocycles. The number of carbonyl (C=O) groups excluding carboxylic acids is 4. The molecule has 12 nitrogen and oxygen atoms in total. The van der Waals surface area contributed by atoms with E-state index < -0.39 is 57.4 Å². The van der Waals surface area contributed by atoms with Crippen molar-refractivity contribution in [2.45, 2.75) is 106 Å². The van der Waals surface area contributed by atoms with Crippen LogP contribution < -0.4 is 20.1 Å². The first-order valence-electron chi connectivity index (χ1n) is 18.9. The Morgan fingerprint density at radius 2 is 1.64 bits per heavy atom. The number of amides is 4. The summed E-state index contributed by atoms with van der Waals surface area (Å²) in [5.41, 5.74) is -0.0240. The van der Waals surface area contributed by atoms with Gasteiger partial charge in [0.05, 0.1) is 4.90 Å². The maximum Gasteiger partial charge on any atom is 0.408 e. The molecule has 14 heteroatoms. The molecule has 4 amide bonds. The predicted molar refractivity (Wildman–Crippen MR) is 205 cm³/mol. The molecule has 55 heavy (non-hydrogen) atoms. The fraction of sp³-hybridized carbons (Fsp3) is 0.415. The third kappa shape index (κ3) is 8.99. The molecule has 0 radical (unpaired) electrons. The quantitative estimate of drug-likeness (QED) is 0.235. The van der Waals surface area contributed by atoms with Crippen LogP contribution in [0, 0.1) is 5.92 Å². The summed E-state index contributed by atoms with van der Waals surface area (Å²) in [5, 5.41) is 6.24. The van der Waals surface area contributed by atoms with E-state index in [0.29, 0.717) is 35.8 Å². The smallest absolute Gasteiger partial charge is 0.408 e. The van der Waals surface area contributed by atoms with E-state index in [-0.39, 0.29) is 30.4 Å². The Morgan fingerprint density at radius 3 is 2.42 bits per heavy atom. The van der Waals surface area contributed by atoms with E-state index >= 15 is 0 Å². The molecule has 4 atom stereocenters. The minimum Gasteiger partial charge on any atom is -0.457 e. The van der Waals surface area contributed by atoms with Crippen LogP contribution in [0.1, 0.15) is 75.3 Å². The van der Waals surface area contributed by atoms with E-state index in [0.717, 1.165) is 49.7 Å². The van der Waals surface area contributed by atoms with Crippen LogP contribution in [-0.4, -0.2) is 60.9 Å². The molecule has 7 rings (SSSR count). The molecule has 2 aliphatic heterocycles. The Balaban J connectivity index is 1.20. The topological polar surface area (TPSA) is 160 Å². The summed E-state index contributed by atoms with van der Waals surface area (Å²) in [6.45, 7) is 0.0461. The van der Waals surface area contributed by atoms with Crippen LogP contribution in [0.3, 0.4) is 0 Å². The number of nitrogens with one attached hydrogen (secondary N) is 3. The average molecular weight is 789 g/mol. The zero-order valence-corrected chi connectivity index (χ0v) is 31.9. The van der Waals surface area contributed by atoms with Gasteiger partial charge < -0.3 is 25.0 Å². The van der Waals surface area contributed by atoms with Crippen LogP contribution in [0.15, 0.2) is 89.8 Å². The molecule has 3 aromatic rings. The van der Waals surface area contributed by atoms with Crippen LogP contribution in [0.2, 0.25) is 5.02 Å². The van der Waals surface area contributed by atoms with Gasteiger partial charge in [-0.3, -0.25) is 14.4 Å². The molecule has 1 unspecified atom stereocenters. The molecule has 4 aliphatic rings. The summed E-state index contributed by atoms with van der Waals surface area (Å²) < 4.78 is 40.5. The van der Waals surface area contributed by atoms with Gasteiger partial charge in [-0.05, 0) is 105 Å². The molecule has 2 heterocycles. The van der Waals surface area contributed by atoms with Crippen LogP contribution in [0.25, 0.3) is 0 Å². The van der Waals surface area contributed by atoms with E-state index in [1.165, 1.54) is 17.0 Å². The van der Waals surface area contributed by atoms with Crippen LogP contribution in [0.4, 0.5) is 4.79 Å². The zero-order chi connectivity index (χ0) is 38.6. The zero-order valence-electron chi connectivity index (χ0n) is 30.4. The summed E-state index contributed by atoms with van der Waals surface area (Å²) in [6, 6.07) is 17.9. The molecular weight excluding hydrogens is 744 g/mol. The Morgan fingerprint density at radius 1 is 0.873 bits per heavy atom. The normalized spacial score (nSPS) is 25.1. The highest BCUT2D eigenvalue weighted by Gasteiger charge is 2.61. The second-order valence-electron chi connectivity index (χ2n) is 14.8. The Labute approximate surface area is 326 Å². The standard InChI is InChI=1S/C41H45ClN4O8S/c42-30-13-11-16-32(24-30)53-33-21-20-27-26-46-36(23-28(27)22-33)37(47)44-41(39(49)45-55(51,52)34-17-6-4-7-18-34)25-29(41)12-5-2-1-3-8-19-35(38(46)48)43-40(50)54-31-14-9-10-15-31/h4-7,11-13,16-18,20-22,24,29,31,35-36H,1-3,8-10,14-15,19,23,25-26H2,(H,43,50)(H,44,47)(H,45,49)/b12-5-/t29-,35-,36?,41+/m0/s1. The Kier molecular flexibility index (Phi) is 11.5. The van der Waals surface area contributed by atoms with Crippen molar-refractivity contribution in [3.63, 3.8) is 0 Å². The molecule has 290 valence electrons. The first-order chi connectivity index (χ1) is 26.5. The molecule has 3 N–H and O–H groups in total. The van der Waals surface area contributed by atoms with Crippen molar-refractivity contribution in [3.8, 4) is 11.5 Å². The van der Waals surface area contributed by atoms with Crippen molar-refractivity contribution in [2.24, 2.45) is 5.92 Å². The van der Waals surface area contributed by atoms with Gasteiger partial charge in [0, 0.05) is 23.9 Å². The second-order valence-corrected chi connectivity index (χ2v) is 16.9. The molecule has 0 bridgehead atoms. The number of rotatable bonds is 7. The number of carbonyl (C=O) groups is 4. The van der Waals surface area contributed by atoms with Crippen molar-refractivity contribution in [2.75, 3.05) is 0 Å². The summed E-state index contributed by atoms with van der Waals surface area (Å²) in [7, 11) is -4.25. The van der Waals surface area contributed by atoms with Gasteiger partial charge in [-0.1, -0.05) is 66.9 Å². The first-order valence-corrected chi connectivity index (χ1v) is 20.8. The molecule has 3 aromatic carbocycles. The van der Waals surface area contributed by atoms with Gasteiger partial charge in [0.2, 0.25) is 11.8 Å². The number of allylic oxidation sites excluding steroid dienone is 1. The SMILES string of the molecule is O=C(N[C@H]1CCCCC/C=C\[C@H]2C[C@@]2(C(=O)NS(=O)(=O)c2ccccc2)NC(=O)C2Cc3cc(Oc4cccc(Cl)c4)ccc3CN2C1=O)OC1CCCC1. The lowest BCUT2D eigenvalue weighted by atomic mass is 9.91. The lowest BCUT2D eigenvalue weighted by molar-refractivity contribution is -0.144. The number of fused-ring (bicyclic) bond motifs is 3. The number of alkyl carbamates (subject to hydrolysis) is 1. The van der Waals surface area contributed by atoms with Gasteiger partial charge >= 0.3 is 6.09 Å². The van der Waals surface area contributed by atoms with Gasteiger partial charge in [-0.15, -0.1) is 0 Å². The van der Waals surface area contributed by atoms with Gasteiger partial charge in [-0.25, -0.2) is 17.9 Å². The fourth-order valence-electron chi connectivity index (χ4n) is 7.75. The first kappa shape index (κ1) is 38.4. The van der Waals surface area contributed by atoms with E-state index in [1.54, 1.807) is 48.5 Å². The average Bonchev–Trinajstić information content (AvgIpc) is 3.61. The van der Waals surface area contributed by atoms with Crippen molar-refractivity contribution in [3.05, 3.63) is 101 Å². The lowest BCUT2D eigenvalue weighted by Gasteiger charge is -2.39. The van der Waals surface area contributed by atoms with Crippen molar-refractivity contribution in [1.29, 1.82) is 0 Å². The number of hydrogen-bond acceptors (Lipinski definition) is 8. The van der Waals surface area contributed by atoms with Gasteiger partial charge in [0.1, 0.15) is 35.2 Å². The van der Waals surface area contributed by atoms with E-state index in [1.807, 2.05) is 24.3 Å². The number of nitrogens with zero attached hydrogens (tertiary/aromatic N) is 1. The third-order valence-electron chi connectivity index (χ3n) is 10.9. The van der Waals surface area contributed by atoms with Crippen molar-refractivity contribution >= 4 is 45.4 Å². The van der Waals surface area contributed by atoms with Crippen molar-refractivity contribution in [1.82, 2.24) is 20.3 Å². The number of hydrogen-bond donors (Lipinski definition) is 3. The maximum absolute atomic E-state index is 14.6. The highest BCUT2D eigenvalue weighted by Crippen LogP contribution is 2.46. The Hall–Kier alpha value is -4.88.